The minimum absolute atomic E-state index is 0.0775. The van der Waals surface area contributed by atoms with Crippen molar-refractivity contribution in [1.82, 2.24) is 19.8 Å². The Morgan fingerprint density at radius 3 is 2.43 bits per heavy atom. The molecule has 0 unspecified atom stereocenters. The molecule has 1 aromatic heterocycles. The fourth-order valence-corrected chi connectivity index (χ4v) is 3.55. The summed E-state index contributed by atoms with van der Waals surface area (Å²) in [5.41, 5.74) is 3.11. The zero-order chi connectivity index (χ0) is 21.6. The Kier molecular flexibility index (Phi) is 6.70. The topological polar surface area (TPSA) is 112 Å². The number of carbonyl (C=O) groups is 1. The molecule has 0 bridgehead atoms. The van der Waals surface area contributed by atoms with E-state index in [2.05, 4.69) is 15.2 Å². The van der Waals surface area contributed by atoms with Crippen LogP contribution in [0.5, 0.6) is 11.5 Å². The van der Waals surface area contributed by atoms with Crippen molar-refractivity contribution in [3.05, 3.63) is 66.7 Å². The number of hydrazine groups is 1. The Balaban J connectivity index is 1.77. The van der Waals surface area contributed by atoms with Gasteiger partial charge in [0.15, 0.2) is 11.5 Å². The molecule has 0 aliphatic rings. The molecule has 1 amide bonds. The number of para-hydroxylation sites is 1. The number of hydrogen-bond acceptors (Lipinski definition) is 6. The van der Waals surface area contributed by atoms with E-state index in [0.717, 1.165) is 5.69 Å². The molecule has 10 heteroatoms. The zero-order valence-corrected chi connectivity index (χ0v) is 17.3. The van der Waals surface area contributed by atoms with E-state index >= 15 is 0 Å². The Morgan fingerprint density at radius 1 is 1.03 bits per heavy atom. The second-order valence-electron chi connectivity index (χ2n) is 6.02. The molecule has 0 aliphatic heterocycles. The molecule has 0 fully saturated rings. The highest BCUT2D eigenvalue weighted by molar-refractivity contribution is 7.89. The van der Waals surface area contributed by atoms with Crippen LogP contribution in [0.2, 0.25) is 0 Å². The molecule has 2 N–H and O–H groups in total. The maximum absolute atomic E-state index is 12.6. The molecule has 0 atom stereocenters. The number of sulfonamides is 1. The van der Waals surface area contributed by atoms with Gasteiger partial charge in [0.05, 0.1) is 30.6 Å². The molecular weight excluding hydrogens is 408 g/mol. The minimum Gasteiger partial charge on any atom is -0.490 e. The van der Waals surface area contributed by atoms with E-state index in [-0.39, 0.29) is 10.6 Å². The summed E-state index contributed by atoms with van der Waals surface area (Å²) in [4.78, 5) is 18.5. The zero-order valence-electron chi connectivity index (χ0n) is 16.5. The highest BCUT2D eigenvalue weighted by Gasteiger charge is 2.20. The molecule has 3 rings (SSSR count). The van der Waals surface area contributed by atoms with Gasteiger partial charge in [0, 0.05) is 11.8 Å². The van der Waals surface area contributed by atoms with E-state index in [9.17, 15) is 13.2 Å². The Labute approximate surface area is 174 Å². The first-order chi connectivity index (χ1) is 14.5. The molecule has 1 heterocycles. The lowest BCUT2D eigenvalue weighted by atomic mass is 10.3. The molecule has 0 saturated carbocycles. The number of nitrogens with one attached hydrogen (secondary N) is 2. The van der Waals surface area contributed by atoms with Gasteiger partial charge in [-0.15, -0.1) is 4.83 Å². The highest BCUT2D eigenvalue weighted by atomic mass is 32.2. The van der Waals surface area contributed by atoms with Crippen molar-refractivity contribution in [2.24, 2.45) is 0 Å². The number of carbonyl (C=O) groups excluding carboxylic acids is 1. The van der Waals surface area contributed by atoms with E-state index in [1.54, 1.807) is 23.6 Å². The number of imidazole rings is 1. The molecule has 0 radical (unpaired) electrons. The van der Waals surface area contributed by atoms with Gasteiger partial charge in [0.1, 0.15) is 5.69 Å². The van der Waals surface area contributed by atoms with E-state index in [4.69, 9.17) is 9.47 Å². The quantitative estimate of drug-likeness (QED) is 0.504. The minimum atomic E-state index is -4.04. The van der Waals surface area contributed by atoms with Gasteiger partial charge in [-0.1, -0.05) is 18.2 Å². The van der Waals surface area contributed by atoms with Gasteiger partial charge in [-0.3, -0.25) is 14.8 Å². The van der Waals surface area contributed by atoms with Crippen LogP contribution in [-0.4, -0.2) is 37.1 Å². The van der Waals surface area contributed by atoms with Crippen LogP contribution in [0.1, 0.15) is 24.3 Å². The first-order valence-electron chi connectivity index (χ1n) is 9.25. The van der Waals surface area contributed by atoms with Crippen LogP contribution in [0.3, 0.4) is 0 Å². The first kappa shape index (κ1) is 21.3. The SMILES string of the molecule is CCOc1ccc(S(=O)(=O)NNC(=O)c2cncn2-c2ccccc2)cc1OCC. The number of hydrogen-bond donors (Lipinski definition) is 2. The number of amides is 1. The van der Waals surface area contributed by atoms with Gasteiger partial charge in [-0.2, -0.15) is 0 Å². The maximum Gasteiger partial charge on any atom is 0.284 e. The lowest BCUT2D eigenvalue weighted by Gasteiger charge is -2.14. The van der Waals surface area contributed by atoms with E-state index in [0.29, 0.717) is 24.7 Å². The van der Waals surface area contributed by atoms with Gasteiger partial charge < -0.3 is 9.47 Å². The second-order valence-corrected chi connectivity index (χ2v) is 7.70. The highest BCUT2D eigenvalue weighted by Crippen LogP contribution is 2.30. The summed E-state index contributed by atoms with van der Waals surface area (Å²) < 4.78 is 37.7. The molecule has 9 nitrogen and oxygen atoms in total. The summed E-state index contributed by atoms with van der Waals surface area (Å²) >= 11 is 0. The Hall–Kier alpha value is -3.37. The first-order valence-corrected chi connectivity index (χ1v) is 10.7. The average Bonchev–Trinajstić information content (AvgIpc) is 3.24. The van der Waals surface area contributed by atoms with E-state index in [1.807, 2.05) is 25.1 Å². The monoisotopic (exact) mass is 430 g/mol. The summed E-state index contributed by atoms with van der Waals surface area (Å²) in [5, 5.41) is 0. The lowest BCUT2D eigenvalue weighted by molar-refractivity contribution is 0.0938. The Bertz CT molecular complexity index is 1110. The second kappa shape index (κ2) is 9.42. The van der Waals surface area contributed by atoms with E-state index < -0.39 is 15.9 Å². The molecule has 0 saturated heterocycles. The van der Waals surface area contributed by atoms with Crippen molar-refractivity contribution in [2.45, 2.75) is 18.7 Å². The number of aromatic nitrogens is 2. The molecule has 0 aliphatic carbocycles. The summed E-state index contributed by atoms with van der Waals surface area (Å²) in [5.74, 6) is 0.0840. The third kappa shape index (κ3) is 4.78. The molecule has 3 aromatic rings. The van der Waals surface area contributed by atoms with Crippen LogP contribution >= 0.6 is 0 Å². The Morgan fingerprint density at radius 2 is 1.73 bits per heavy atom. The van der Waals surface area contributed by atoms with Crippen molar-refractivity contribution in [3.63, 3.8) is 0 Å². The smallest absolute Gasteiger partial charge is 0.284 e. The maximum atomic E-state index is 12.6. The van der Waals surface area contributed by atoms with Crippen LogP contribution in [-0.2, 0) is 10.0 Å². The fourth-order valence-electron chi connectivity index (χ4n) is 2.69. The van der Waals surface area contributed by atoms with Gasteiger partial charge >= 0.3 is 0 Å². The van der Waals surface area contributed by atoms with Crippen LogP contribution in [0.4, 0.5) is 0 Å². The average molecular weight is 430 g/mol. The van der Waals surface area contributed by atoms with Crippen molar-refractivity contribution in [2.75, 3.05) is 13.2 Å². The summed E-state index contributed by atoms with van der Waals surface area (Å²) in [6, 6.07) is 13.3. The van der Waals surface area contributed by atoms with Crippen molar-refractivity contribution in [1.29, 1.82) is 0 Å². The number of benzene rings is 2. The molecular formula is C20H22N4O5S. The summed E-state index contributed by atoms with van der Waals surface area (Å²) in [6.45, 7) is 4.36. The van der Waals surface area contributed by atoms with E-state index in [1.165, 1.54) is 30.7 Å². The third-order valence-corrected chi connectivity index (χ3v) is 5.27. The third-order valence-electron chi connectivity index (χ3n) is 4.03. The largest absolute Gasteiger partial charge is 0.490 e. The predicted octanol–water partition coefficient (Wildman–Crippen LogP) is 2.29. The number of ether oxygens (including phenoxy) is 2. The number of rotatable bonds is 9. The van der Waals surface area contributed by atoms with Crippen molar-refractivity contribution >= 4 is 15.9 Å². The lowest BCUT2D eigenvalue weighted by Crippen LogP contribution is -2.42. The molecule has 158 valence electrons. The normalized spacial score (nSPS) is 11.1. The number of nitrogens with zero attached hydrogens (tertiary/aromatic N) is 2. The van der Waals surface area contributed by atoms with Gasteiger partial charge in [0.25, 0.3) is 15.9 Å². The van der Waals surface area contributed by atoms with Gasteiger partial charge in [0.2, 0.25) is 0 Å². The van der Waals surface area contributed by atoms with Crippen molar-refractivity contribution in [3.8, 4) is 17.2 Å². The predicted molar refractivity (Wildman–Crippen MR) is 110 cm³/mol. The molecule has 30 heavy (non-hydrogen) atoms. The van der Waals surface area contributed by atoms with Crippen LogP contribution < -0.4 is 19.7 Å². The van der Waals surface area contributed by atoms with Crippen LogP contribution in [0, 0.1) is 0 Å². The summed E-state index contributed by atoms with van der Waals surface area (Å²) in [7, 11) is -4.04. The summed E-state index contributed by atoms with van der Waals surface area (Å²) in [6.07, 6.45) is 2.82. The van der Waals surface area contributed by atoms with Gasteiger partial charge in [-0.05, 0) is 38.1 Å². The molecule has 0 spiro atoms. The standard InChI is InChI=1S/C20H22N4O5S/c1-3-28-18-11-10-16(12-19(18)29-4-2)30(26,27)23-22-20(25)17-13-21-14-24(17)15-8-6-5-7-9-15/h5-14,23H,3-4H2,1-2H3,(H,22,25). The van der Waals surface area contributed by atoms with Crippen molar-refractivity contribution < 1.29 is 22.7 Å². The fraction of sp³-hybridized carbons (Fsp3) is 0.200. The van der Waals surface area contributed by atoms with Gasteiger partial charge in [-0.25, -0.2) is 13.4 Å². The molecule has 2 aromatic carbocycles. The van der Waals surface area contributed by atoms with Crippen LogP contribution in [0.15, 0.2) is 66.0 Å². The van der Waals surface area contributed by atoms with Crippen LogP contribution in [0.25, 0.3) is 5.69 Å².